The average molecular weight is 499 g/mol. The van der Waals surface area contributed by atoms with E-state index in [0.717, 1.165) is 68.4 Å². The normalized spacial score (nSPS) is 19.7. The van der Waals surface area contributed by atoms with E-state index < -0.39 is 11.7 Å². The van der Waals surface area contributed by atoms with Crippen molar-refractivity contribution in [2.75, 3.05) is 50.7 Å². The summed E-state index contributed by atoms with van der Waals surface area (Å²) in [6.45, 7) is 7.51. The molecule has 0 radical (unpaired) electrons. The highest BCUT2D eigenvalue weighted by Gasteiger charge is 2.31. The molecular formula is C23H33F3N6OS. The molecule has 2 aliphatic rings. The van der Waals surface area contributed by atoms with Crippen LogP contribution in [-0.2, 0) is 17.4 Å². The molecule has 2 saturated heterocycles. The molecule has 1 amide bonds. The molecule has 2 aromatic rings. The van der Waals surface area contributed by atoms with E-state index in [1.54, 1.807) is 11.3 Å². The number of likely N-dealkylation sites (tertiary alicyclic amines) is 1. The number of halogens is 3. The van der Waals surface area contributed by atoms with Crippen molar-refractivity contribution in [3.63, 3.8) is 0 Å². The predicted molar refractivity (Wildman–Crippen MR) is 127 cm³/mol. The molecule has 0 spiro atoms. The summed E-state index contributed by atoms with van der Waals surface area (Å²) in [5.74, 6) is 0.288. The van der Waals surface area contributed by atoms with Gasteiger partial charge in [0.1, 0.15) is 5.01 Å². The average Bonchev–Trinajstić information content (AvgIpc) is 3.24. The SMILES string of the molecule is C.Cc1nnc(N2CCN(CCC(=O)N3CCC[C@H](Cc4cncc(C(F)(F)F)c4)C3)CC2)s1. The molecule has 7 nitrogen and oxygen atoms in total. The van der Waals surface area contributed by atoms with Crippen molar-refractivity contribution in [3.05, 3.63) is 34.6 Å². The Hall–Kier alpha value is -2.27. The van der Waals surface area contributed by atoms with E-state index in [1.807, 2.05) is 11.8 Å². The maximum atomic E-state index is 13.0. The minimum Gasteiger partial charge on any atom is -0.344 e. The first-order chi connectivity index (χ1) is 15.8. The van der Waals surface area contributed by atoms with Gasteiger partial charge >= 0.3 is 6.18 Å². The molecule has 0 aliphatic carbocycles. The summed E-state index contributed by atoms with van der Waals surface area (Å²) < 4.78 is 38.9. The Labute approximate surface area is 203 Å². The van der Waals surface area contributed by atoms with E-state index in [9.17, 15) is 18.0 Å². The number of anilines is 1. The van der Waals surface area contributed by atoms with Gasteiger partial charge in [-0.25, -0.2) is 0 Å². The zero-order valence-corrected chi connectivity index (χ0v) is 19.5. The number of piperazine rings is 1. The molecule has 0 unspecified atom stereocenters. The minimum atomic E-state index is -4.39. The number of nitrogens with zero attached hydrogens (tertiary/aromatic N) is 6. The standard InChI is InChI=1S/C22H29F3N6OS.CH4/c1-16-27-28-21(33-16)30-9-7-29(8-10-30)6-4-20(32)31-5-2-3-17(15-31)11-18-12-19(14-26-13-18)22(23,24)25;/h12-14,17H,2-11,15H2,1H3;1H4/t17-;/m1./s1. The number of rotatable bonds is 6. The van der Waals surface area contributed by atoms with Crippen LogP contribution in [0, 0.1) is 12.8 Å². The van der Waals surface area contributed by atoms with Crippen LogP contribution in [0.3, 0.4) is 0 Å². The van der Waals surface area contributed by atoms with Crippen LogP contribution in [0.4, 0.5) is 18.3 Å². The fourth-order valence-corrected chi connectivity index (χ4v) is 5.27. The van der Waals surface area contributed by atoms with Gasteiger partial charge in [0.05, 0.1) is 5.56 Å². The van der Waals surface area contributed by atoms with Gasteiger partial charge in [-0.2, -0.15) is 13.2 Å². The fraction of sp³-hybridized carbons (Fsp3) is 0.652. The van der Waals surface area contributed by atoms with Crippen LogP contribution < -0.4 is 4.90 Å². The molecule has 1 atom stereocenters. The van der Waals surface area contributed by atoms with Crippen molar-refractivity contribution < 1.29 is 18.0 Å². The van der Waals surface area contributed by atoms with E-state index in [1.165, 1.54) is 12.3 Å². The van der Waals surface area contributed by atoms with Gasteiger partial charge in [-0.1, -0.05) is 18.8 Å². The number of aromatic nitrogens is 3. The summed E-state index contributed by atoms with van der Waals surface area (Å²) in [4.78, 5) is 23.0. The molecule has 11 heteroatoms. The minimum absolute atomic E-state index is 0. The Morgan fingerprint density at radius 2 is 1.91 bits per heavy atom. The fourth-order valence-electron chi connectivity index (χ4n) is 4.53. The second-order valence-corrected chi connectivity index (χ2v) is 9.97. The lowest BCUT2D eigenvalue weighted by Gasteiger charge is -2.36. The Bertz CT molecular complexity index is 945. The molecule has 2 aliphatic heterocycles. The number of hydrogen-bond acceptors (Lipinski definition) is 7. The molecule has 2 aromatic heterocycles. The Morgan fingerprint density at radius 3 is 2.59 bits per heavy atom. The molecule has 4 rings (SSSR count). The maximum absolute atomic E-state index is 13.0. The van der Waals surface area contributed by atoms with Gasteiger partial charge in [0.25, 0.3) is 0 Å². The number of hydrogen-bond donors (Lipinski definition) is 0. The summed E-state index contributed by atoms with van der Waals surface area (Å²) in [6, 6.07) is 1.18. The Kier molecular flexibility index (Phi) is 8.86. The van der Waals surface area contributed by atoms with Crippen LogP contribution in [0.5, 0.6) is 0 Å². The molecule has 4 heterocycles. The van der Waals surface area contributed by atoms with Crippen molar-refractivity contribution in [1.82, 2.24) is 25.0 Å². The molecular weight excluding hydrogens is 465 g/mol. The van der Waals surface area contributed by atoms with Crippen LogP contribution in [0.1, 0.15) is 42.8 Å². The van der Waals surface area contributed by atoms with Gasteiger partial charge in [-0.15, -0.1) is 10.2 Å². The predicted octanol–water partition coefficient (Wildman–Crippen LogP) is 3.89. The number of carbonyl (C=O) groups is 1. The third kappa shape index (κ3) is 6.88. The number of alkyl halides is 3. The van der Waals surface area contributed by atoms with Crippen LogP contribution in [0.15, 0.2) is 18.5 Å². The molecule has 0 aromatic carbocycles. The first-order valence-corrected chi connectivity index (χ1v) is 12.2. The smallest absolute Gasteiger partial charge is 0.344 e. The summed E-state index contributed by atoms with van der Waals surface area (Å²) in [6.07, 6.45) is 0.728. The van der Waals surface area contributed by atoms with E-state index in [0.29, 0.717) is 24.9 Å². The van der Waals surface area contributed by atoms with E-state index >= 15 is 0 Å². The van der Waals surface area contributed by atoms with Gasteiger partial charge in [-0.3, -0.25) is 14.7 Å². The van der Waals surface area contributed by atoms with Crippen molar-refractivity contribution in [2.24, 2.45) is 5.92 Å². The van der Waals surface area contributed by atoms with Crippen LogP contribution >= 0.6 is 11.3 Å². The third-order valence-electron chi connectivity index (χ3n) is 6.32. The van der Waals surface area contributed by atoms with Crippen molar-refractivity contribution >= 4 is 22.4 Å². The lowest BCUT2D eigenvalue weighted by molar-refractivity contribution is -0.138. The summed E-state index contributed by atoms with van der Waals surface area (Å²) in [5.41, 5.74) is -0.141. The van der Waals surface area contributed by atoms with Crippen LogP contribution in [-0.4, -0.2) is 76.7 Å². The molecule has 0 N–H and O–H groups in total. The third-order valence-corrected chi connectivity index (χ3v) is 7.22. The largest absolute Gasteiger partial charge is 0.417 e. The maximum Gasteiger partial charge on any atom is 0.417 e. The number of carbonyl (C=O) groups excluding carboxylic acids is 1. The van der Waals surface area contributed by atoms with Crippen LogP contribution in [0.25, 0.3) is 0 Å². The highest BCUT2D eigenvalue weighted by Crippen LogP contribution is 2.30. The Morgan fingerprint density at radius 1 is 1.15 bits per heavy atom. The number of piperidine rings is 1. The lowest BCUT2D eigenvalue weighted by atomic mass is 9.91. The van der Waals surface area contributed by atoms with Gasteiger partial charge in [0.2, 0.25) is 11.0 Å². The highest BCUT2D eigenvalue weighted by atomic mass is 32.1. The second-order valence-electron chi connectivity index (χ2n) is 8.81. The molecule has 34 heavy (non-hydrogen) atoms. The topological polar surface area (TPSA) is 65.5 Å². The first-order valence-electron chi connectivity index (χ1n) is 11.3. The van der Waals surface area contributed by atoms with Crippen molar-refractivity contribution in [2.45, 2.75) is 46.2 Å². The molecule has 188 valence electrons. The van der Waals surface area contributed by atoms with E-state index in [-0.39, 0.29) is 19.3 Å². The number of aryl methyl sites for hydroxylation is 1. The summed E-state index contributed by atoms with van der Waals surface area (Å²) >= 11 is 1.60. The van der Waals surface area contributed by atoms with Crippen molar-refractivity contribution in [1.29, 1.82) is 0 Å². The monoisotopic (exact) mass is 498 g/mol. The van der Waals surface area contributed by atoms with E-state index in [4.69, 9.17) is 0 Å². The quantitative estimate of drug-likeness (QED) is 0.602. The Balaban J connectivity index is 0.00000324. The lowest BCUT2D eigenvalue weighted by Crippen LogP contribution is -2.48. The van der Waals surface area contributed by atoms with Crippen molar-refractivity contribution in [3.8, 4) is 0 Å². The van der Waals surface area contributed by atoms with Crippen LogP contribution in [0.2, 0.25) is 0 Å². The molecule has 2 fully saturated rings. The van der Waals surface area contributed by atoms with Gasteiger partial charge in [0.15, 0.2) is 0 Å². The zero-order valence-electron chi connectivity index (χ0n) is 18.7. The number of amides is 1. The van der Waals surface area contributed by atoms with E-state index in [2.05, 4.69) is 25.0 Å². The first kappa shape index (κ1) is 26.3. The zero-order chi connectivity index (χ0) is 23.4. The molecule has 0 bridgehead atoms. The van der Waals surface area contributed by atoms with Gasteiger partial charge in [0, 0.05) is 64.6 Å². The van der Waals surface area contributed by atoms with Gasteiger partial charge in [-0.05, 0) is 43.7 Å². The highest BCUT2D eigenvalue weighted by molar-refractivity contribution is 7.15. The van der Waals surface area contributed by atoms with Gasteiger partial charge < -0.3 is 9.80 Å². The second kappa shape index (κ2) is 11.4. The summed E-state index contributed by atoms with van der Waals surface area (Å²) in [5, 5.41) is 10.2. The summed E-state index contributed by atoms with van der Waals surface area (Å²) in [7, 11) is 0. The molecule has 0 saturated carbocycles. The number of pyridine rings is 1.